The summed E-state index contributed by atoms with van der Waals surface area (Å²) in [5.74, 6) is 0.308. The Morgan fingerprint density at radius 1 is 1.33 bits per heavy atom. The zero-order chi connectivity index (χ0) is 15.5. The van der Waals surface area contributed by atoms with Gasteiger partial charge in [0.15, 0.2) is 9.84 Å². The molecule has 1 saturated heterocycles. The minimum atomic E-state index is -3.22. The van der Waals surface area contributed by atoms with Crippen molar-refractivity contribution >= 4 is 15.7 Å². The average Bonchev–Trinajstić information content (AvgIpc) is 2.49. The predicted octanol–water partition coefficient (Wildman–Crippen LogP) is 1.21. The Bertz CT molecular complexity index is 596. The Balaban J connectivity index is 2.06. The van der Waals surface area contributed by atoms with E-state index in [-0.39, 0.29) is 22.6 Å². The number of amides is 1. The lowest BCUT2D eigenvalue weighted by Crippen LogP contribution is -2.48. The first kappa shape index (κ1) is 16.0. The van der Waals surface area contributed by atoms with Crippen molar-refractivity contribution < 1.29 is 13.2 Å². The number of carbonyl (C=O) groups excluding carboxylic acids is 1. The molecule has 21 heavy (non-hydrogen) atoms. The van der Waals surface area contributed by atoms with Crippen molar-refractivity contribution in [1.29, 1.82) is 0 Å². The van der Waals surface area contributed by atoms with E-state index >= 15 is 0 Å². The van der Waals surface area contributed by atoms with Gasteiger partial charge in [0.05, 0.1) is 10.6 Å². The zero-order valence-electron chi connectivity index (χ0n) is 12.4. The van der Waals surface area contributed by atoms with Crippen molar-refractivity contribution in [3.05, 3.63) is 29.8 Å². The van der Waals surface area contributed by atoms with E-state index in [1.807, 2.05) is 0 Å². The fraction of sp³-hybridized carbons (Fsp3) is 0.533. The fourth-order valence-corrected chi connectivity index (χ4v) is 3.34. The second-order valence-corrected chi connectivity index (χ2v) is 7.76. The van der Waals surface area contributed by atoms with Crippen molar-refractivity contribution in [2.75, 3.05) is 18.8 Å². The molecule has 1 aliphatic rings. The Labute approximate surface area is 126 Å². The molecule has 1 aromatic rings. The summed E-state index contributed by atoms with van der Waals surface area (Å²) in [5.41, 5.74) is 0.496. The highest BCUT2D eigenvalue weighted by molar-refractivity contribution is 7.91. The van der Waals surface area contributed by atoms with E-state index in [2.05, 4.69) is 17.6 Å². The van der Waals surface area contributed by atoms with Gasteiger partial charge in [0.2, 0.25) is 0 Å². The molecule has 0 aromatic heterocycles. The van der Waals surface area contributed by atoms with E-state index in [0.29, 0.717) is 11.5 Å². The summed E-state index contributed by atoms with van der Waals surface area (Å²) in [5, 5.41) is 6.32. The number of nitrogens with one attached hydrogen (secondary N) is 2. The third kappa shape index (κ3) is 3.83. The lowest BCUT2D eigenvalue weighted by molar-refractivity contribution is 0.0914. The van der Waals surface area contributed by atoms with Crippen LogP contribution in [0, 0.1) is 5.92 Å². The van der Waals surface area contributed by atoms with Crippen molar-refractivity contribution in [3.63, 3.8) is 0 Å². The van der Waals surface area contributed by atoms with Crippen LogP contribution in [0.15, 0.2) is 29.2 Å². The van der Waals surface area contributed by atoms with Crippen molar-refractivity contribution in [3.8, 4) is 0 Å². The SMILES string of the molecule is CCS(=O)(=O)c1ccc(C(=O)NC2CCNCC2C)cc1. The van der Waals surface area contributed by atoms with Crippen molar-refractivity contribution in [2.24, 2.45) is 5.92 Å². The second kappa shape index (κ2) is 6.58. The van der Waals surface area contributed by atoms with Gasteiger partial charge in [0.1, 0.15) is 0 Å². The van der Waals surface area contributed by atoms with Crippen LogP contribution in [0.3, 0.4) is 0 Å². The van der Waals surface area contributed by atoms with E-state index in [4.69, 9.17) is 0 Å². The van der Waals surface area contributed by atoms with Crippen LogP contribution in [0.1, 0.15) is 30.6 Å². The number of benzene rings is 1. The van der Waals surface area contributed by atoms with Crippen LogP contribution in [-0.2, 0) is 9.84 Å². The van der Waals surface area contributed by atoms with Gasteiger partial charge in [-0.2, -0.15) is 0 Å². The Kier molecular flexibility index (Phi) is 5.00. The van der Waals surface area contributed by atoms with Gasteiger partial charge in [-0.3, -0.25) is 4.79 Å². The lowest BCUT2D eigenvalue weighted by Gasteiger charge is -2.30. The van der Waals surface area contributed by atoms with Crippen LogP contribution in [0.5, 0.6) is 0 Å². The van der Waals surface area contributed by atoms with E-state index in [1.165, 1.54) is 12.1 Å². The smallest absolute Gasteiger partial charge is 0.251 e. The second-order valence-electron chi connectivity index (χ2n) is 5.48. The van der Waals surface area contributed by atoms with Gasteiger partial charge < -0.3 is 10.6 Å². The minimum Gasteiger partial charge on any atom is -0.349 e. The summed E-state index contributed by atoms with van der Waals surface area (Å²) >= 11 is 0. The highest BCUT2D eigenvalue weighted by Gasteiger charge is 2.23. The first-order valence-corrected chi connectivity index (χ1v) is 8.93. The molecule has 2 rings (SSSR count). The van der Waals surface area contributed by atoms with Crippen LogP contribution in [0.4, 0.5) is 0 Å². The first-order valence-electron chi connectivity index (χ1n) is 7.28. The molecule has 0 saturated carbocycles. The van der Waals surface area contributed by atoms with Gasteiger partial charge in [0, 0.05) is 11.6 Å². The largest absolute Gasteiger partial charge is 0.349 e. The van der Waals surface area contributed by atoms with Crippen LogP contribution < -0.4 is 10.6 Å². The van der Waals surface area contributed by atoms with Gasteiger partial charge in [-0.1, -0.05) is 13.8 Å². The number of piperidine rings is 1. The van der Waals surface area contributed by atoms with E-state index in [0.717, 1.165) is 19.5 Å². The molecule has 1 amide bonds. The third-order valence-electron chi connectivity index (χ3n) is 3.96. The molecule has 1 fully saturated rings. The van der Waals surface area contributed by atoms with E-state index in [1.54, 1.807) is 19.1 Å². The van der Waals surface area contributed by atoms with Crippen LogP contribution >= 0.6 is 0 Å². The highest BCUT2D eigenvalue weighted by atomic mass is 32.2. The van der Waals surface area contributed by atoms with Crippen LogP contribution in [0.2, 0.25) is 0 Å². The van der Waals surface area contributed by atoms with Crippen molar-refractivity contribution in [2.45, 2.75) is 31.2 Å². The Hall–Kier alpha value is -1.40. The summed E-state index contributed by atoms with van der Waals surface area (Å²) in [7, 11) is -3.22. The summed E-state index contributed by atoms with van der Waals surface area (Å²) < 4.78 is 23.5. The molecule has 0 bridgehead atoms. The van der Waals surface area contributed by atoms with Gasteiger partial charge in [-0.15, -0.1) is 0 Å². The molecule has 1 heterocycles. The molecule has 0 radical (unpaired) electrons. The maximum absolute atomic E-state index is 12.2. The zero-order valence-corrected chi connectivity index (χ0v) is 13.2. The monoisotopic (exact) mass is 310 g/mol. The van der Waals surface area contributed by atoms with E-state index in [9.17, 15) is 13.2 Å². The van der Waals surface area contributed by atoms with Gasteiger partial charge in [-0.25, -0.2) is 8.42 Å². The first-order chi connectivity index (χ1) is 9.94. The molecular weight excluding hydrogens is 288 g/mol. The summed E-state index contributed by atoms with van der Waals surface area (Å²) in [6, 6.07) is 6.31. The standard InChI is InChI=1S/C15H22N2O3S/c1-3-21(19,20)13-6-4-12(5-7-13)15(18)17-14-8-9-16-10-11(14)2/h4-7,11,14,16H,3,8-10H2,1-2H3,(H,17,18). The van der Waals surface area contributed by atoms with Gasteiger partial charge in [0.25, 0.3) is 5.91 Å². The fourth-order valence-electron chi connectivity index (χ4n) is 2.46. The van der Waals surface area contributed by atoms with E-state index < -0.39 is 9.84 Å². The molecule has 0 spiro atoms. The number of hydrogen-bond acceptors (Lipinski definition) is 4. The number of hydrogen-bond donors (Lipinski definition) is 2. The molecule has 2 N–H and O–H groups in total. The molecule has 2 unspecified atom stereocenters. The minimum absolute atomic E-state index is 0.0606. The predicted molar refractivity (Wildman–Crippen MR) is 82.1 cm³/mol. The molecule has 1 aliphatic heterocycles. The lowest BCUT2D eigenvalue weighted by atomic mass is 9.95. The third-order valence-corrected chi connectivity index (χ3v) is 5.71. The summed E-state index contributed by atoms with van der Waals surface area (Å²) in [4.78, 5) is 12.5. The summed E-state index contributed by atoms with van der Waals surface area (Å²) in [6.07, 6.45) is 0.912. The van der Waals surface area contributed by atoms with Crippen molar-refractivity contribution in [1.82, 2.24) is 10.6 Å². The molecule has 5 nitrogen and oxygen atoms in total. The molecule has 116 valence electrons. The highest BCUT2D eigenvalue weighted by Crippen LogP contribution is 2.14. The van der Waals surface area contributed by atoms with Gasteiger partial charge >= 0.3 is 0 Å². The normalized spacial score (nSPS) is 22.8. The Morgan fingerprint density at radius 2 is 2.00 bits per heavy atom. The van der Waals surface area contributed by atoms with Crippen LogP contribution in [-0.4, -0.2) is 39.2 Å². The number of carbonyl (C=O) groups is 1. The quantitative estimate of drug-likeness (QED) is 0.876. The maximum Gasteiger partial charge on any atom is 0.251 e. The van der Waals surface area contributed by atoms with Crippen LogP contribution in [0.25, 0.3) is 0 Å². The summed E-state index contributed by atoms with van der Waals surface area (Å²) in [6.45, 7) is 5.52. The number of sulfone groups is 1. The average molecular weight is 310 g/mol. The molecular formula is C15H22N2O3S. The topological polar surface area (TPSA) is 75.3 Å². The molecule has 6 heteroatoms. The molecule has 1 aromatic carbocycles. The maximum atomic E-state index is 12.2. The number of rotatable bonds is 4. The Morgan fingerprint density at radius 3 is 2.57 bits per heavy atom. The molecule has 0 aliphatic carbocycles. The molecule has 2 atom stereocenters. The van der Waals surface area contributed by atoms with Gasteiger partial charge in [-0.05, 0) is 49.7 Å².